The number of rotatable bonds is 4. The van der Waals surface area contributed by atoms with Crippen LogP contribution in [0.4, 0.5) is 0 Å². The molecule has 3 rings (SSSR count). The normalized spacial score (nSPS) is 16.2. The maximum Gasteiger partial charge on any atom is 0.225 e. The van der Waals surface area contributed by atoms with Crippen LogP contribution in [0.2, 0.25) is 0 Å². The van der Waals surface area contributed by atoms with Crippen LogP contribution in [0.25, 0.3) is 10.7 Å². The topological polar surface area (TPSA) is 73.8 Å². The van der Waals surface area contributed by atoms with Crippen molar-refractivity contribution in [2.24, 2.45) is 5.73 Å². The summed E-state index contributed by atoms with van der Waals surface area (Å²) in [6.07, 6.45) is 6.15. The summed E-state index contributed by atoms with van der Waals surface area (Å²) in [4.78, 5) is 18.1. The monoisotopic (exact) mass is 304 g/mol. The van der Waals surface area contributed by atoms with E-state index in [4.69, 9.17) is 5.73 Å². The maximum atomic E-state index is 11.1. The number of carbonyl (C=O) groups is 1. The minimum absolute atomic E-state index is 0.108. The van der Waals surface area contributed by atoms with Gasteiger partial charge in [0.2, 0.25) is 5.91 Å². The van der Waals surface area contributed by atoms with Crippen LogP contribution in [0, 0.1) is 6.92 Å². The molecule has 2 N–H and O–H groups in total. The van der Waals surface area contributed by atoms with Gasteiger partial charge in [-0.3, -0.25) is 4.79 Å². The second kappa shape index (κ2) is 5.97. The maximum absolute atomic E-state index is 11.1. The molecule has 0 aromatic carbocycles. The molecular weight excluding hydrogens is 284 g/mol. The number of aryl methyl sites for hydroxylation is 1. The lowest BCUT2D eigenvalue weighted by molar-refractivity contribution is -0.117. The molecule has 1 saturated carbocycles. The van der Waals surface area contributed by atoms with Crippen molar-refractivity contribution in [2.75, 3.05) is 0 Å². The summed E-state index contributed by atoms with van der Waals surface area (Å²) < 4.78 is 2.03. The zero-order chi connectivity index (χ0) is 14.8. The number of carbonyl (C=O) groups excluding carboxylic acids is 1. The zero-order valence-electron chi connectivity index (χ0n) is 12.2. The fourth-order valence-electron chi connectivity index (χ4n) is 2.90. The first-order chi connectivity index (χ1) is 10.1. The number of aromatic nitrogens is 3. The van der Waals surface area contributed by atoms with Crippen molar-refractivity contribution in [1.29, 1.82) is 0 Å². The van der Waals surface area contributed by atoms with E-state index in [9.17, 15) is 4.79 Å². The summed E-state index contributed by atoms with van der Waals surface area (Å²) in [5.74, 6) is 1.04. The van der Waals surface area contributed by atoms with Crippen LogP contribution in [-0.4, -0.2) is 20.7 Å². The van der Waals surface area contributed by atoms with Gasteiger partial charge in [0, 0.05) is 4.88 Å². The van der Waals surface area contributed by atoms with E-state index in [2.05, 4.69) is 29.1 Å². The first kappa shape index (κ1) is 14.3. The van der Waals surface area contributed by atoms with Gasteiger partial charge in [0.25, 0.3) is 0 Å². The number of amides is 1. The third-order valence-corrected chi connectivity index (χ3v) is 4.89. The summed E-state index contributed by atoms with van der Waals surface area (Å²) in [5.41, 5.74) is 5.28. The number of primary amides is 1. The molecule has 2 aromatic rings. The van der Waals surface area contributed by atoms with Crippen LogP contribution in [-0.2, 0) is 11.2 Å². The van der Waals surface area contributed by atoms with E-state index in [-0.39, 0.29) is 12.3 Å². The summed E-state index contributed by atoms with van der Waals surface area (Å²) in [7, 11) is 0. The summed E-state index contributed by atoms with van der Waals surface area (Å²) in [6.45, 7) is 2.08. The number of nitrogens with zero attached hydrogens (tertiary/aromatic N) is 3. The Morgan fingerprint density at radius 2 is 2.14 bits per heavy atom. The summed E-state index contributed by atoms with van der Waals surface area (Å²) >= 11 is 1.71. The quantitative estimate of drug-likeness (QED) is 0.944. The van der Waals surface area contributed by atoms with Crippen molar-refractivity contribution < 1.29 is 4.79 Å². The molecule has 0 radical (unpaired) electrons. The minimum Gasteiger partial charge on any atom is -0.369 e. The Labute approximate surface area is 128 Å². The van der Waals surface area contributed by atoms with Gasteiger partial charge in [-0.05, 0) is 31.9 Å². The lowest BCUT2D eigenvalue weighted by Gasteiger charge is -2.22. The summed E-state index contributed by atoms with van der Waals surface area (Å²) in [5, 5.41) is 4.57. The van der Waals surface area contributed by atoms with E-state index >= 15 is 0 Å². The van der Waals surface area contributed by atoms with Crippen molar-refractivity contribution in [1.82, 2.24) is 14.8 Å². The van der Waals surface area contributed by atoms with Crippen LogP contribution in [0.1, 0.15) is 48.8 Å². The molecule has 0 aliphatic heterocycles. The van der Waals surface area contributed by atoms with Gasteiger partial charge in [0.1, 0.15) is 0 Å². The van der Waals surface area contributed by atoms with Crippen molar-refractivity contribution in [3.05, 3.63) is 22.8 Å². The van der Waals surface area contributed by atoms with Crippen molar-refractivity contribution in [2.45, 2.75) is 51.5 Å². The predicted molar refractivity (Wildman–Crippen MR) is 83.1 cm³/mol. The van der Waals surface area contributed by atoms with Gasteiger partial charge < -0.3 is 5.73 Å². The van der Waals surface area contributed by atoms with Crippen LogP contribution in [0.5, 0.6) is 0 Å². The zero-order valence-corrected chi connectivity index (χ0v) is 13.0. The van der Waals surface area contributed by atoms with Crippen LogP contribution in [0.3, 0.4) is 0 Å². The van der Waals surface area contributed by atoms with E-state index in [1.165, 1.54) is 24.1 Å². The van der Waals surface area contributed by atoms with Crippen LogP contribution >= 0.6 is 11.3 Å². The predicted octanol–water partition coefficient (Wildman–Crippen LogP) is 2.85. The van der Waals surface area contributed by atoms with Gasteiger partial charge in [-0.1, -0.05) is 19.3 Å². The third-order valence-electron chi connectivity index (χ3n) is 3.89. The molecule has 112 valence electrons. The van der Waals surface area contributed by atoms with Crippen molar-refractivity contribution in [3.8, 4) is 10.7 Å². The second-order valence-corrected chi connectivity index (χ2v) is 6.93. The molecule has 0 bridgehead atoms. The fraction of sp³-hybridized carbons (Fsp3) is 0.533. The number of nitrogens with two attached hydrogens (primary N) is 1. The molecule has 0 atom stereocenters. The number of hydrogen-bond acceptors (Lipinski definition) is 4. The Hall–Kier alpha value is -1.69. The second-order valence-electron chi connectivity index (χ2n) is 5.64. The Morgan fingerprint density at radius 3 is 2.76 bits per heavy atom. The molecule has 1 aliphatic rings. The Bertz CT molecular complexity index is 640. The van der Waals surface area contributed by atoms with E-state index in [0.29, 0.717) is 11.9 Å². The molecule has 21 heavy (non-hydrogen) atoms. The molecule has 6 heteroatoms. The van der Waals surface area contributed by atoms with E-state index < -0.39 is 0 Å². The van der Waals surface area contributed by atoms with Gasteiger partial charge in [0.05, 0.1) is 17.3 Å². The molecule has 1 fully saturated rings. The SMILES string of the molecule is Cc1ccc(-c2nc(CC(N)=O)nn2C2CCCCC2)s1. The first-order valence-corrected chi connectivity index (χ1v) is 8.25. The average Bonchev–Trinajstić information content (AvgIpc) is 3.05. The van der Waals surface area contributed by atoms with E-state index in [1.54, 1.807) is 11.3 Å². The first-order valence-electron chi connectivity index (χ1n) is 7.44. The van der Waals surface area contributed by atoms with Crippen molar-refractivity contribution in [3.63, 3.8) is 0 Å². The minimum atomic E-state index is -0.385. The highest BCUT2D eigenvalue weighted by molar-refractivity contribution is 7.15. The molecule has 0 unspecified atom stereocenters. The van der Waals surface area contributed by atoms with Gasteiger partial charge in [-0.2, -0.15) is 5.10 Å². The highest BCUT2D eigenvalue weighted by Crippen LogP contribution is 2.33. The summed E-state index contributed by atoms with van der Waals surface area (Å²) in [6, 6.07) is 4.57. The Morgan fingerprint density at radius 1 is 1.38 bits per heavy atom. The Balaban J connectivity index is 1.98. The lowest BCUT2D eigenvalue weighted by Crippen LogP contribution is -2.17. The van der Waals surface area contributed by atoms with E-state index in [0.717, 1.165) is 23.5 Å². The van der Waals surface area contributed by atoms with Crippen molar-refractivity contribution >= 4 is 17.2 Å². The largest absolute Gasteiger partial charge is 0.369 e. The lowest BCUT2D eigenvalue weighted by atomic mass is 9.95. The van der Waals surface area contributed by atoms with Gasteiger partial charge in [0.15, 0.2) is 11.6 Å². The standard InChI is InChI=1S/C15H20N4OS/c1-10-7-8-12(21-10)15-17-14(9-13(16)20)18-19(15)11-5-3-2-4-6-11/h7-8,11H,2-6,9H2,1H3,(H2,16,20). The van der Waals surface area contributed by atoms with E-state index in [1.807, 2.05) is 4.68 Å². The van der Waals surface area contributed by atoms with Gasteiger partial charge in [-0.25, -0.2) is 9.67 Å². The highest BCUT2D eigenvalue weighted by Gasteiger charge is 2.23. The van der Waals surface area contributed by atoms with Gasteiger partial charge >= 0.3 is 0 Å². The highest BCUT2D eigenvalue weighted by atomic mass is 32.1. The molecule has 5 nitrogen and oxygen atoms in total. The number of thiophene rings is 1. The molecule has 2 heterocycles. The average molecular weight is 304 g/mol. The third kappa shape index (κ3) is 3.15. The smallest absolute Gasteiger partial charge is 0.225 e. The molecule has 0 saturated heterocycles. The molecular formula is C15H20N4OS. The molecule has 0 spiro atoms. The van der Waals surface area contributed by atoms with Crippen LogP contribution < -0.4 is 5.73 Å². The molecule has 1 aliphatic carbocycles. The Kier molecular flexibility index (Phi) is 4.05. The molecule has 1 amide bonds. The number of hydrogen-bond donors (Lipinski definition) is 1. The fourth-order valence-corrected chi connectivity index (χ4v) is 3.75. The van der Waals surface area contributed by atoms with Gasteiger partial charge in [-0.15, -0.1) is 11.3 Å². The van der Waals surface area contributed by atoms with Crippen LogP contribution in [0.15, 0.2) is 12.1 Å². The molecule has 2 aromatic heterocycles.